The Morgan fingerprint density at radius 1 is 1.14 bits per heavy atom. The van der Waals surface area contributed by atoms with Gasteiger partial charge in [-0.05, 0) is 49.1 Å². The standard InChI is InChI=1S/C20H21FN2O3S2/c21-17-8-4-7-16-18(9-12-27-19(16)17)22-20(24)14-5-3-6-15(13-14)28(25,26)23-10-1-2-11-23/h3-8,13,18H,1-2,9-12H2,(H,22,24)/t18-/m0/s1. The van der Waals surface area contributed by atoms with Gasteiger partial charge < -0.3 is 5.32 Å². The minimum Gasteiger partial charge on any atom is -0.345 e. The molecule has 2 aromatic carbocycles. The van der Waals surface area contributed by atoms with Gasteiger partial charge in [-0.2, -0.15) is 4.31 Å². The molecule has 0 aromatic heterocycles. The van der Waals surface area contributed by atoms with Crippen molar-refractivity contribution >= 4 is 27.7 Å². The maximum Gasteiger partial charge on any atom is 0.251 e. The number of fused-ring (bicyclic) bond motifs is 1. The number of amides is 1. The Kier molecular flexibility index (Phi) is 5.44. The molecule has 2 aliphatic heterocycles. The summed E-state index contributed by atoms with van der Waals surface area (Å²) in [4.78, 5) is 13.5. The molecule has 0 aliphatic carbocycles. The molecule has 0 radical (unpaired) electrons. The largest absolute Gasteiger partial charge is 0.345 e. The molecule has 148 valence electrons. The van der Waals surface area contributed by atoms with Crippen LogP contribution < -0.4 is 5.32 Å². The van der Waals surface area contributed by atoms with E-state index in [1.54, 1.807) is 18.2 Å². The van der Waals surface area contributed by atoms with Gasteiger partial charge in [-0.1, -0.05) is 18.2 Å². The van der Waals surface area contributed by atoms with Crippen LogP contribution in [0.2, 0.25) is 0 Å². The van der Waals surface area contributed by atoms with Crippen molar-refractivity contribution in [3.8, 4) is 0 Å². The summed E-state index contributed by atoms with van der Waals surface area (Å²) in [5.74, 6) is 0.0770. The highest BCUT2D eigenvalue weighted by atomic mass is 32.2. The summed E-state index contributed by atoms with van der Waals surface area (Å²) in [5.41, 5.74) is 1.06. The summed E-state index contributed by atoms with van der Waals surface area (Å²) in [7, 11) is -3.58. The Hall–Kier alpha value is -1.90. The molecule has 1 saturated heterocycles. The van der Waals surface area contributed by atoms with E-state index in [1.807, 2.05) is 6.07 Å². The predicted molar refractivity (Wildman–Crippen MR) is 106 cm³/mol. The van der Waals surface area contributed by atoms with E-state index in [0.717, 1.165) is 18.4 Å². The summed E-state index contributed by atoms with van der Waals surface area (Å²) < 4.78 is 41.0. The highest BCUT2D eigenvalue weighted by molar-refractivity contribution is 7.99. The van der Waals surface area contributed by atoms with Crippen molar-refractivity contribution in [2.45, 2.75) is 35.1 Å². The Labute approximate surface area is 168 Å². The predicted octanol–water partition coefficient (Wildman–Crippen LogP) is 3.58. The van der Waals surface area contributed by atoms with Crippen LogP contribution >= 0.6 is 11.8 Å². The quantitative estimate of drug-likeness (QED) is 0.821. The van der Waals surface area contributed by atoms with Crippen LogP contribution in [-0.2, 0) is 10.0 Å². The summed E-state index contributed by atoms with van der Waals surface area (Å²) in [5, 5.41) is 2.94. The second-order valence-electron chi connectivity index (χ2n) is 6.96. The average molecular weight is 421 g/mol. The van der Waals surface area contributed by atoms with Gasteiger partial charge in [-0.15, -0.1) is 11.8 Å². The van der Waals surface area contributed by atoms with Crippen LogP contribution in [0.25, 0.3) is 0 Å². The zero-order chi connectivity index (χ0) is 19.7. The highest BCUT2D eigenvalue weighted by Crippen LogP contribution is 2.37. The van der Waals surface area contributed by atoms with Gasteiger partial charge in [0.15, 0.2) is 0 Å². The molecule has 0 bridgehead atoms. The maximum absolute atomic E-state index is 14.0. The molecule has 2 aromatic rings. The molecule has 0 saturated carbocycles. The van der Waals surface area contributed by atoms with E-state index in [1.165, 1.54) is 34.3 Å². The third-order valence-electron chi connectivity index (χ3n) is 5.13. The molecule has 1 atom stereocenters. The number of sulfonamides is 1. The number of rotatable bonds is 4. The lowest BCUT2D eigenvalue weighted by Gasteiger charge is -2.26. The van der Waals surface area contributed by atoms with Gasteiger partial charge in [-0.25, -0.2) is 12.8 Å². The molecule has 0 unspecified atom stereocenters. The van der Waals surface area contributed by atoms with Gasteiger partial charge in [0.05, 0.1) is 10.9 Å². The minimum absolute atomic E-state index is 0.132. The number of halogens is 1. The molecule has 8 heteroatoms. The fourth-order valence-corrected chi connectivity index (χ4v) is 6.36. The molecule has 5 nitrogen and oxygen atoms in total. The topological polar surface area (TPSA) is 66.5 Å². The Morgan fingerprint density at radius 3 is 2.68 bits per heavy atom. The third-order valence-corrected chi connectivity index (χ3v) is 8.18. The summed E-state index contributed by atoms with van der Waals surface area (Å²) in [6.07, 6.45) is 2.41. The van der Waals surface area contributed by atoms with Crippen LogP contribution in [0.1, 0.15) is 41.2 Å². The Bertz CT molecular complexity index is 1000. The van der Waals surface area contributed by atoms with Gasteiger partial charge in [0.2, 0.25) is 10.0 Å². The molecule has 0 spiro atoms. The van der Waals surface area contributed by atoms with Gasteiger partial charge >= 0.3 is 0 Å². The van der Waals surface area contributed by atoms with Crippen molar-refractivity contribution in [3.05, 3.63) is 59.4 Å². The van der Waals surface area contributed by atoms with E-state index in [0.29, 0.717) is 30.2 Å². The molecule has 2 heterocycles. The normalized spacial score (nSPS) is 20.0. The van der Waals surface area contributed by atoms with Crippen LogP contribution in [0, 0.1) is 5.82 Å². The number of nitrogens with zero attached hydrogens (tertiary/aromatic N) is 1. The first-order valence-electron chi connectivity index (χ1n) is 9.29. The molecule has 4 rings (SSSR count). The first-order chi connectivity index (χ1) is 13.5. The third kappa shape index (κ3) is 3.68. The lowest BCUT2D eigenvalue weighted by atomic mass is 10.0. The van der Waals surface area contributed by atoms with Crippen molar-refractivity contribution in [1.29, 1.82) is 0 Å². The van der Waals surface area contributed by atoms with Crippen LogP contribution in [0.3, 0.4) is 0 Å². The van der Waals surface area contributed by atoms with Crippen LogP contribution in [0.4, 0.5) is 4.39 Å². The van der Waals surface area contributed by atoms with E-state index in [4.69, 9.17) is 0 Å². The van der Waals surface area contributed by atoms with Crippen molar-refractivity contribution in [3.63, 3.8) is 0 Å². The van der Waals surface area contributed by atoms with Crippen molar-refractivity contribution in [1.82, 2.24) is 9.62 Å². The van der Waals surface area contributed by atoms with Crippen molar-refractivity contribution in [2.75, 3.05) is 18.8 Å². The summed E-state index contributed by atoms with van der Waals surface area (Å²) in [6.45, 7) is 1.03. The first kappa shape index (κ1) is 19.4. The van der Waals surface area contributed by atoms with Crippen molar-refractivity contribution in [2.24, 2.45) is 0 Å². The second-order valence-corrected chi connectivity index (χ2v) is 10.0. The first-order valence-corrected chi connectivity index (χ1v) is 11.7. The molecule has 2 aliphatic rings. The molecule has 28 heavy (non-hydrogen) atoms. The minimum atomic E-state index is -3.58. The number of hydrogen-bond acceptors (Lipinski definition) is 4. The smallest absolute Gasteiger partial charge is 0.251 e. The number of nitrogens with one attached hydrogen (secondary N) is 1. The van der Waals surface area contributed by atoms with Crippen LogP contribution in [0.15, 0.2) is 52.3 Å². The van der Waals surface area contributed by atoms with E-state index >= 15 is 0 Å². The maximum atomic E-state index is 14.0. The van der Waals surface area contributed by atoms with E-state index in [-0.39, 0.29) is 28.2 Å². The van der Waals surface area contributed by atoms with Gasteiger partial charge in [-0.3, -0.25) is 4.79 Å². The van der Waals surface area contributed by atoms with Gasteiger partial charge in [0.25, 0.3) is 5.91 Å². The molecule has 1 amide bonds. The Balaban J connectivity index is 1.56. The van der Waals surface area contributed by atoms with E-state index in [9.17, 15) is 17.6 Å². The molecule has 1 fully saturated rings. The van der Waals surface area contributed by atoms with E-state index < -0.39 is 10.0 Å². The number of hydrogen-bond donors (Lipinski definition) is 1. The lowest BCUT2D eigenvalue weighted by molar-refractivity contribution is 0.0934. The number of benzene rings is 2. The summed E-state index contributed by atoms with van der Waals surface area (Å²) >= 11 is 1.45. The fraction of sp³-hybridized carbons (Fsp3) is 0.350. The highest BCUT2D eigenvalue weighted by Gasteiger charge is 2.28. The van der Waals surface area contributed by atoms with Crippen LogP contribution in [0.5, 0.6) is 0 Å². The molecular weight excluding hydrogens is 399 g/mol. The zero-order valence-corrected chi connectivity index (χ0v) is 16.9. The Morgan fingerprint density at radius 2 is 1.89 bits per heavy atom. The van der Waals surface area contributed by atoms with Crippen LogP contribution in [-0.4, -0.2) is 37.5 Å². The van der Waals surface area contributed by atoms with Gasteiger partial charge in [0.1, 0.15) is 5.82 Å². The molecule has 1 N–H and O–H groups in total. The van der Waals surface area contributed by atoms with E-state index in [2.05, 4.69) is 5.32 Å². The second kappa shape index (κ2) is 7.85. The van der Waals surface area contributed by atoms with Gasteiger partial charge in [0, 0.05) is 29.3 Å². The number of carbonyl (C=O) groups excluding carboxylic acids is 1. The fourth-order valence-electron chi connectivity index (χ4n) is 3.65. The monoisotopic (exact) mass is 420 g/mol. The SMILES string of the molecule is O=C(N[C@H]1CCSc2c(F)cccc21)c1cccc(S(=O)(=O)N2CCCC2)c1. The molecular formula is C20H21FN2O3S2. The number of thioether (sulfide) groups is 1. The van der Waals surface area contributed by atoms with Crippen molar-refractivity contribution < 1.29 is 17.6 Å². The summed E-state index contributed by atoms with van der Waals surface area (Å²) in [6, 6.07) is 10.7. The number of carbonyl (C=O) groups is 1. The lowest BCUT2D eigenvalue weighted by Crippen LogP contribution is -2.31. The average Bonchev–Trinajstić information content (AvgIpc) is 3.25. The zero-order valence-electron chi connectivity index (χ0n) is 15.2.